The molecule has 1 spiro atoms. The fraction of sp³-hybridized carbons (Fsp3) is 0.400. The van der Waals surface area contributed by atoms with Gasteiger partial charge in [-0.15, -0.1) is 0 Å². The molecule has 154 valence electrons. The summed E-state index contributed by atoms with van der Waals surface area (Å²) in [5.41, 5.74) is 2.17. The van der Waals surface area contributed by atoms with Crippen LogP contribution in [-0.2, 0) is 10.2 Å². The highest BCUT2D eigenvalue weighted by molar-refractivity contribution is 7.19. The summed E-state index contributed by atoms with van der Waals surface area (Å²) in [6, 6.07) is 6.03. The number of nitrogens with one attached hydrogen (secondary N) is 2. The van der Waals surface area contributed by atoms with Crippen LogP contribution in [0.1, 0.15) is 18.9 Å². The van der Waals surface area contributed by atoms with Crippen molar-refractivity contribution in [1.29, 1.82) is 0 Å². The Morgan fingerprint density at radius 1 is 1.38 bits per heavy atom. The number of likely N-dealkylation sites (tertiary alicyclic amines) is 1. The summed E-state index contributed by atoms with van der Waals surface area (Å²) in [7, 11) is 1.80. The topological polar surface area (TPSA) is 60.5 Å². The fourth-order valence-electron chi connectivity index (χ4n) is 4.27. The van der Waals surface area contributed by atoms with Crippen molar-refractivity contribution in [3.05, 3.63) is 51.2 Å². The zero-order valence-corrected chi connectivity index (χ0v) is 18.7. The first-order valence-corrected chi connectivity index (χ1v) is 11.1. The molecule has 1 fully saturated rings. The monoisotopic (exact) mass is 451 g/mol. The Bertz CT molecular complexity index is 962. The quantitative estimate of drug-likeness (QED) is 0.720. The molecule has 1 aromatic carbocycles. The number of carbonyl (C=O) groups excluding carboxylic acids is 1. The lowest BCUT2D eigenvalue weighted by Crippen LogP contribution is -2.41. The second-order valence-electron chi connectivity index (χ2n) is 7.39. The van der Waals surface area contributed by atoms with Crippen molar-refractivity contribution in [3.63, 3.8) is 0 Å². The van der Waals surface area contributed by atoms with Crippen LogP contribution in [0.25, 0.3) is 0 Å². The van der Waals surface area contributed by atoms with Gasteiger partial charge in [0.15, 0.2) is 5.13 Å². The number of fused-ring (bicyclic) bond motifs is 2. The van der Waals surface area contributed by atoms with Gasteiger partial charge in [-0.2, -0.15) is 0 Å². The summed E-state index contributed by atoms with van der Waals surface area (Å²) in [4.78, 5) is 21.0. The van der Waals surface area contributed by atoms with Crippen molar-refractivity contribution in [2.75, 3.05) is 43.4 Å². The third-order valence-corrected chi connectivity index (χ3v) is 6.86. The van der Waals surface area contributed by atoms with E-state index in [9.17, 15) is 4.79 Å². The lowest BCUT2D eigenvalue weighted by atomic mass is 9.81. The molecule has 2 aliphatic heterocycles. The number of nitrogens with zero attached hydrogens (tertiary/aromatic N) is 3. The molecule has 2 N–H and O–H groups in total. The minimum Gasteiger partial charge on any atom is -0.341 e. The highest BCUT2D eigenvalue weighted by Crippen LogP contribution is 2.48. The van der Waals surface area contributed by atoms with Crippen LogP contribution in [0.4, 0.5) is 10.8 Å². The Labute approximate surface area is 184 Å². The number of anilines is 2. The van der Waals surface area contributed by atoms with E-state index in [4.69, 9.17) is 23.2 Å². The molecule has 3 heterocycles. The molecule has 29 heavy (non-hydrogen) atoms. The number of aromatic nitrogens is 1. The lowest BCUT2D eigenvalue weighted by molar-refractivity contribution is -0.129. The van der Waals surface area contributed by atoms with E-state index >= 15 is 0 Å². The fourth-order valence-corrected chi connectivity index (χ4v) is 5.26. The van der Waals surface area contributed by atoms with Crippen molar-refractivity contribution in [2.24, 2.45) is 0 Å². The molecule has 2 aliphatic rings. The molecule has 1 atom stereocenters. The third kappa shape index (κ3) is 3.84. The number of halogens is 2. The van der Waals surface area contributed by atoms with Gasteiger partial charge in [-0.05, 0) is 50.2 Å². The van der Waals surface area contributed by atoms with Crippen molar-refractivity contribution < 1.29 is 4.79 Å². The number of benzene rings is 1. The number of carbonyl (C=O) groups is 1. The van der Waals surface area contributed by atoms with E-state index in [0.717, 1.165) is 36.2 Å². The predicted molar refractivity (Wildman–Crippen MR) is 120 cm³/mol. The number of hydrogen-bond acceptors (Lipinski definition) is 6. The van der Waals surface area contributed by atoms with E-state index < -0.39 is 0 Å². The van der Waals surface area contributed by atoms with Gasteiger partial charge in [-0.3, -0.25) is 4.79 Å². The van der Waals surface area contributed by atoms with Crippen LogP contribution in [-0.4, -0.2) is 49.0 Å². The Morgan fingerprint density at radius 2 is 2.21 bits per heavy atom. The molecule has 0 saturated carbocycles. The van der Waals surface area contributed by atoms with Gasteiger partial charge in [-0.1, -0.05) is 34.5 Å². The second-order valence-corrected chi connectivity index (χ2v) is 9.49. The maximum atomic E-state index is 12.5. The second kappa shape index (κ2) is 8.14. The van der Waals surface area contributed by atoms with Crippen LogP contribution in [0.5, 0.6) is 0 Å². The molecular formula is C20H23Cl2N5OS. The number of thiazole rings is 1. The van der Waals surface area contributed by atoms with Crippen LogP contribution in [0.3, 0.4) is 0 Å². The molecule has 0 bridgehead atoms. The number of likely N-dealkylation sites (N-methyl/N-ethyl adjacent to an activating group) is 1. The van der Waals surface area contributed by atoms with Gasteiger partial charge in [0.05, 0.1) is 12.7 Å². The average Bonchev–Trinajstić information content (AvgIpc) is 3.39. The van der Waals surface area contributed by atoms with Crippen molar-refractivity contribution in [2.45, 2.75) is 18.8 Å². The average molecular weight is 452 g/mol. The highest BCUT2D eigenvalue weighted by atomic mass is 35.5. The zero-order chi connectivity index (χ0) is 20.6. The van der Waals surface area contributed by atoms with E-state index in [-0.39, 0.29) is 11.3 Å². The van der Waals surface area contributed by atoms with Gasteiger partial charge in [0.25, 0.3) is 0 Å². The summed E-state index contributed by atoms with van der Waals surface area (Å²) >= 11 is 13.8. The van der Waals surface area contributed by atoms with E-state index in [1.807, 2.05) is 24.0 Å². The molecule has 1 unspecified atom stereocenters. The van der Waals surface area contributed by atoms with E-state index in [1.165, 1.54) is 16.9 Å². The maximum Gasteiger partial charge on any atom is 0.236 e. The molecule has 4 rings (SSSR count). The van der Waals surface area contributed by atoms with Crippen LogP contribution in [0, 0.1) is 0 Å². The predicted octanol–water partition coefficient (Wildman–Crippen LogP) is 3.93. The van der Waals surface area contributed by atoms with Gasteiger partial charge in [0.2, 0.25) is 5.91 Å². The summed E-state index contributed by atoms with van der Waals surface area (Å²) in [6.45, 7) is 4.57. The molecule has 1 saturated heterocycles. The minimum atomic E-state index is -0.139. The first-order valence-electron chi connectivity index (χ1n) is 9.50. The third-order valence-electron chi connectivity index (χ3n) is 5.59. The molecule has 0 aliphatic carbocycles. The van der Waals surface area contributed by atoms with E-state index in [0.29, 0.717) is 22.4 Å². The van der Waals surface area contributed by atoms with Gasteiger partial charge < -0.3 is 20.4 Å². The molecular weight excluding hydrogens is 429 g/mol. The van der Waals surface area contributed by atoms with Crippen molar-refractivity contribution >= 4 is 51.3 Å². The van der Waals surface area contributed by atoms with Gasteiger partial charge in [-0.25, -0.2) is 4.98 Å². The Morgan fingerprint density at radius 3 is 2.90 bits per heavy atom. The van der Waals surface area contributed by atoms with E-state index in [2.05, 4.69) is 32.7 Å². The number of amides is 1. The van der Waals surface area contributed by atoms with Crippen LogP contribution in [0.2, 0.25) is 9.36 Å². The molecule has 0 radical (unpaired) electrons. The normalized spacial score (nSPS) is 21.2. The Hall–Kier alpha value is -1.80. The molecule has 1 aromatic heterocycles. The largest absolute Gasteiger partial charge is 0.341 e. The Kier molecular flexibility index (Phi) is 5.75. The smallest absolute Gasteiger partial charge is 0.236 e. The first-order chi connectivity index (χ1) is 14.0. The lowest BCUT2D eigenvalue weighted by Gasteiger charge is -2.27. The van der Waals surface area contributed by atoms with Gasteiger partial charge in [0, 0.05) is 35.8 Å². The first kappa shape index (κ1) is 20.5. The van der Waals surface area contributed by atoms with Crippen LogP contribution < -0.4 is 15.5 Å². The Balaban J connectivity index is 1.65. The van der Waals surface area contributed by atoms with Crippen LogP contribution >= 0.6 is 34.5 Å². The maximum absolute atomic E-state index is 12.5. The van der Waals surface area contributed by atoms with Crippen molar-refractivity contribution in [1.82, 2.24) is 15.2 Å². The standard InChI is InChI=1S/C20H23Cl2N5OS/c1-3-17(25-19-24-9-16(22)29-19)27-12-20(14-8-13(21)4-5-15(14)27)6-7-26(11-20)18(28)10-23-2/h3-5,8-9,23H,6-7,10-12H2,1-2H3,(H,24,25). The highest BCUT2D eigenvalue weighted by Gasteiger charge is 2.49. The SMILES string of the molecule is CC=C(Nc1ncc(Cl)s1)N1CC2(CCN(C(=O)CNC)C2)c2cc(Cl)ccc21. The summed E-state index contributed by atoms with van der Waals surface area (Å²) in [6.07, 6.45) is 4.58. The minimum absolute atomic E-state index is 0.133. The molecule has 6 nitrogen and oxygen atoms in total. The van der Waals surface area contributed by atoms with E-state index in [1.54, 1.807) is 13.2 Å². The summed E-state index contributed by atoms with van der Waals surface area (Å²) in [5.74, 6) is 1.07. The molecule has 9 heteroatoms. The summed E-state index contributed by atoms with van der Waals surface area (Å²) in [5, 5.41) is 7.81. The van der Waals surface area contributed by atoms with Gasteiger partial charge in [0.1, 0.15) is 10.2 Å². The van der Waals surface area contributed by atoms with Crippen LogP contribution in [0.15, 0.2) is 36.3 Å². The van der Waals surface area contributed by atoms with Gasteiger partial charge >= 0.3 is 0 Å². The van der Waals surface area contributed by atoms with Crippen molar-refractivity contribution in [3.8, 4) is 0 Å². The number of allylic oxidation sites excluding steroid dienone is 1. The number of hydrogen-bond donors (Lipinski definition) is 2. The molecule has 2 aromatic rings. The summed E-state index contributed by atoms with van der Waals surface area (Å²) < 4.78 is 0.641. The number of rotatable bonds is 5. The molecule has 1 amide bonds. The zero-order valence-electron chi connectivity index (χ0n) is 16.3.